The maximum absolute atomic E-state index is 10.5. The summed E-state index contributed by atoms with van der Waals surface area (Å²) in [6.07, 6.45) is -4.44. The molecule has 0 aromatic carbocycles. The van der Waals surface area contributed by atoms with E-state index in [2.05, 4.69) is 0 Å². The van der Waals surface area contributed by atoms with Crippen LogP contribution in [0.2, 0.25) is 0 Å². The summed E-state index contributed by atoms with van der Waals surface area (Å²) in [6, 6.07) is 0. The van der Waals surface area contributed by atoms with Crippen LogP contribution in [0.3, 0.4) is 0 Å². The van der Waals surface area contributed by atoms with E-state index in [1.165, 1.54) is 6.92 Å². The third-order valence-corrected chi connectivity index (χ3v) is 1.30. The molecule has 0 spiro atoms. The van der Waals surface area contributed by atoms with Gasteiger partial charge in [-0.05, 0) is 6.92 Å². The quantitative estimate of drug-likeness (QED) is 0.373. The molecule has 0 unspecified atom stereocenters. The molecule has 66 valence electrons. The Balaban J connectivity index is 4.01. The topological polar surface area (TPSA) is 98.0 Å². The normalized spacial score (nSPS) is 19.0. The molecular weight excluding hydrogens is 152 g/mol. The minimum absolute atomic E-state index is 0.842. The smallest absolute Gasteiger partial charge is 0.189 e. The van der Waals surface area contributed by atoms with Gasteiger partial charge in [-0.1, -0.05) is 0 Å². The molecule has 5 nitrogen and oxygen atoms in total. The Morgan fingerprint density at radius 3 is 2.09 bits per heavy atom. The molecule has 5 heteroatoms. The fourth-order valence-corrected chi connectivity index (χ4v) is 0.548. The van der Waals surface area contributed by atoms with Crippen molar-refractivity contribution in [3.05, 3.63) is 0 Å². The molecule has 0 aliphatic carbocycles. The van der Waals surface area contributed by atoms with E-state index in [-0.39, 0.29) is 0 Å². The number of ketones is 1. The van der Waals surface area contributed by atoms with Gasteiger partial charge in [0.15, 0.2) is 5.78 Å². The van der Waals surface area contributed by atoms with Gasteiger partial charge in [0, 0.05) is 0 Å². The van der Waals surface area contributed by atoms with E-state index in [1.54, 1.807) is 0 Å². The molecule has 4 N–H and O–H groups in total. The lowest BCUT2D eigenvalue weighted by Crippen LogP contribution is -2.42. The van der Waals surface area contributed by atoms with Gasteiger partial charge in [-0.3, -0.25) is 4.79 Å². The van der Waals surface area contributed by atoms with Gasteiger partial charge < -0.3 is 20.4 Å². The van der Waals surface area contributed by atoms with E-state index in [0.717, 1.165) is 0 Å². The van der Waals surface area contributed by atoms with Crippen molar-refractivity contribution in [2.45, 2.75) is 25.2 Å². The molecule has 0 bridgehead atoms. The molecule has 0 saturated heterocycles. The summed E-state index contributed by atoms with van der Waals surface area (Å²) in [4.78, 5) is 10.5. The molecule has 0 saturated carbocycles. The van der Waals surface area contributed by atoms with E-state index in [0.29, 0.717) is 0 Å². The van der Waals surface area contributed by atoms with Crippen molar-refractivity contribution in [3.8, 4) is 0 Å². The van der Waals surface area contributed by atoms with E-state index < -0.39 is 30.7 Å². The SMILES string of the molecule is C[C@@H](O)[C@@H](O)[C@@H](O)C(=O)CO. The summed E-state index contributed by atoms with van der Waals surface area (Å²) >= 11 is 0. The van der Waals surface area contributed by atoms with Gasteiger partial charge in [0.05, 0.1) is 6.10 Å². The summed E-state index contributed by atoms with van der Waals surface area (Å²) in [6.45, 7) is 0.392. The van der Waals surface area contributed by atoms with Gasteiger partial charge in [-0.25, -0.2) is 0 Å². The van der Waals surface area contributed by atoms with Crippen molar-refractivity contribution in [1.29, 1.82) is 0 Å². The van der Waals surface area contributed by atoms with E-state index in [9.17, 15) is 4.79 Å². The molecule has 0 fully saturated rings. The Kier molecular flexibility index (Phi) is 4.20. The number of Topliss-reactive ketones (excluding diaryl/α,β-unsaturated/α-hetero) is 1. The molecule has 0 aliphatic rings. The zero-order chi connectivity index (χ0) is 9.02. The van der Waals surface area contributed by atoms with Crippen LogP contribution in [-0.4, -0.2) is 51.1 Å². The van der Waals surface area contributed by atoms with Gasteiger partial charge in [-0.2, -0.15) is 0 Å². The number of rotatable bonds is 4. The number of carbonyl (C=O) groups is 1. The molecule has 0 amide bonds. The van der Waals surface area contributed by atoms with Gasteiger partial charge in [-0.15, -0.1) is 0 Å². The summed E-state index contributed by atoms with van der Waals surface area (Å²) in [5, 5.41) is 34.6. The highest BCUT2D eigenvalue weighted by atomic mass is 16.4. The second-order valence-electron chi connectivity index (χ2n) is 2.30. The molecule has 0 rings (SSSR count). The summed E-state index contributed by atoms with van der Waals surface area (Å²) < 4.78 is 0. The molecular formula is C6H12O5. The van der Waals surface area contributed by atoms with Crippen LogP contribution in [0.25, 0.3) is 0 Å². The Hall–Kier alpha value is -0.490. The van der Waals surface area contributed by atoms with Crippen LogP contribution in [0.15, 0.2) is 0 Å². The average molecular weight is 164 g/mol. The van der Waals surface area contributed by atoms with Crippen molar-refractivity contribution in [2.24, 2.45) is 0 Å². The van der Waals surface area contributed by atoms with Gasteiger partial charge >= 0.3 is 0 Å². The van der Waals surface area contributed by atoms with Crippen molar-refractivity contribution >= 4 is 5.78 Å². The number of hydrogen-bond donors (Lipinski definition) is 4. The van der Waals surface area contributed by atoms with Crippen LogP contribution in [0, 0.1) is 0 Å². The third-order valence-electron chi connectivity index (χ3n) is 1.30. The lowest BCUT2D eigenvalue weighted by molar-refractivity contribution is -0.140. The van der Waals surface area contributed by atoms with E-state index in [4.69, 9.17) is 20.4 Å². The van der Waals surface area contributed by atoms with Crippen LogP contribution < -0.4 is 0 Å². The molecule has 0 aliphatic heterocycles. The Bertz CT molecular complexity index is 133. The minimum Gasteiger partial charge on any atom is -0.391 e. The predicted molar refractivity (Wildman–Crippen MR) is 35.8 cm³/mol. The summed E-state index contributed by atoms with van der Waals surface area (Å²) in [5.41, 5.74) is 0. The Morgan fingerprint density at radius 1 is 1.36 bits per heavy atom. The summed E-state index contributed by atoms with van der Waals surface area (Å²) in [5.74, 6) is -0.904. The molecule has 11 heavy (non-hydrogen) atoms. The lowest BCUT2D eigenvalue weighted by Gasteiger charge is -2.17. The Labute approximate surface area is 63.9 Å². The minimum atomic E-state index is -1.71. The van der Waals surface area contributed by atoms with Crippen molar-refractivity contribution in [3.63, 3.8) is 0 Å². The highest BCUT2D eigenvalue weighted by Gasteiger charge is 2.26. The lowest BCUT2D eigenvalue weighted by atomic mass is 10.1. The zero-order valence-corrected chi connectivity index (χ0v) is 6.14. The first-order chi connectivity index (χ1) is 5.00. The third kappa shape index (κ3) is 2.94. The number of hydrogen-bond acceptors (Lipinski definition) is 5. The molecule has 0 aromatic heterocycles. The number of aliphatic hydroxyl groups excluding tert-OH is 4. The largest absolute Gasteiger partial charge is 0.391 e. The highest BCUT2D eigenvalue weighted by Crippen LogP contribution is 2.00. The second kappa shape index (κ2) is 4.40. The van der Waals surface area contributed by atoms with E-state index in [1.807, 2.05) is 0 Å². The molecule has 0 radical (unpaired) electrons. The van der Waals surface area contributed by atoms with Crippen molar-refractivity contribution in [1.82, 2.24) is 0 Å². The average Bonchev–Trinajstić information content (AvgIpc) is 2.00. The fraction of sp³-hybridized carbons (Fsp3) is 0.833. The van der Waals surface area contributed by atoms with E-state index >= 15 is 0 Å². The Morgan fingerprint density at radius 2 is 1.82 bits per heavy atom. The maximum Gasteiger partial charge on any atom is 0.189 e. The summed E-state index contributed by atoms with van der Waals surface area (Å²) in [7, 11) is 0. The van der Waals surface area contributed by atoms with Crippen LogP contribution in [0.4, 0.5) is 0 Å². The highest BCUT2D eigenvalue weighted by molar-refractivity contribution is 5.84. The van der Waals surface area contributed by atoms with Gasteiger partial charge in [0.25, 0.3) is 0 Å². The van der Waals surface area contributed by atoms with Gasteiger partial charge in [0.2, 0.25) is 0 Å². The standard InChI is InChI=1S/C6H12O5/c1-3(8)5(10)6(11)4(9)2-7/h3,5-8,10-11H,2H2,1H3/t3-,5-,6+/m1/s1. The fourth-order valence-electron chi connectivity index (χ4n) is 0.548. The first-order valence-electron chi connectivity index (χ1n) is 3.18. The number of carbonyl (C=O) groups excluding carboxylic acids is 1. The monoisotopic (exact) mass is 164 g/mol. The first kappa shape index (κ1) is 10.5. The molecule has 0 heterocycles. The van der Waals surface area contributed by atoms with Crippen molar-refractivity contribution < 1.29 is 25.2 Å². The van der Waals surface area contributed by atoms with Crippen LogP contribution >= 0.6 is 0 Å². The predicted octanol–water partition coefficient (Wildman–Crippen LogP) is -2.35. The van der Waals surface area contributed by atoms with Crippen LogP contribution in [0.5, 0.6) is 0 Å². The van der Waals surface area contributed by atoms with Gasteiger partial charge in [0.1, 0.15) is 18.8 Å². The first-order valence-corrected chi connectivity index (χ1v) is 3.18. The number of aliphatic hydroxyl groups is 4. The molecule has 3 atom stereocenters. The second-order valence-corrected chi connectivity index (χ2v) is 2.30. The van der Waals surface area contributed by atoms with Crippen LogP contribution in [-0.2, 0) is 4.79 Å². The molecule has 0 aromatic rings. The maximum atomic E-state index is 10.5. The van der Waals surface area contributed by atoms with Crippen LogP contribution in [0.1, 0.15) is 6.92 Å². The van der Waals surface area contributed by atoms with Crippen molar-refractivity contribution in [2.75, 3.05) is 6.61 Å². The zero-order valence-electron chi connectivity index (χ0n) is 6.14.